The van der Waals surface area contributed by atoms with Crippen molar-refractivity contribution in [2.24, 2.45) is 11.8 Å². The summed E-state index contributed by atoms with van der Waals surface area (Å²) < 4.78 is 2.08. The summed E-state index contributed by atoms with van der Waals surface area (Å²) in [6.07, 6.45) is 9.39. The van der Waals surface area contributed by atoms with Crippen LogP contribution in [0, 0.1) is 11.8 Å². The molecule has 1 atom stereocenters. The van der Waals surface area contributed by atoms with Crippen molar-refractivity contribution < 1.29 is 0 Å². The Kier molecular flexibility index (Phi) is 6.22. The smallest absolute Gasteiger partial charge is 0.138 e. The molecule has 4 heteroatoms. The molecule has 1 N–H and O–H groups in total. The Labute approximate surface area is 129 Å². The third-order valence-corrected chi connectivity index (χ3v) is 4.82. The Morgan fingerprint density at radius 1 is 1.29 bits per heavy atom. The van der Waals surface area contributed by atoms with Crippen LogP contribution >= 0.6 is 0 Å². The van der Waals surface area contributed by atoms with Crippen LogP contribution in [0.4, 0.5) is 0 Å². The highest BCUT2D eigenvalue weighted by Crippen LogP contribution is 2.31. The van der Waals surface area contributed by atoms with E-state index in [1.165, 1.54) is 32.1 Å². The summed E-state index contributed by atoms with van der Waals surface area (Å²) in [7, 11) is 0. The van der Waals surface area contributed by atoms with Crippen molar-refractivity contribution in [1.29, 1.82) is 0 Å². The summed E-state index contributed by atoms with van der Waals surface area (Å²) in [6.45, 7) is 10.1. The van der Waals surface area contributed by atoms with E-state index in [-0.39, 0.29) is 0 Å². The van der Waals surface area contributed by atoms with Crippen molar-refractivity contribution in [3.8, 4) is 0 Å². The molecule has 21 heavy (non-hydrogen) atoms. The quantitative estimate of drug-likeness (QED) is 0.835. The molecule has 0 aromatic carbocycles. The molecule has 1 aromatic heterocycles. The van der Waals surface area contributed by atoms with Gasteiger partial charge in [-0.25, -0.2) is 9.67 Å². The number of rotatable bonds is 7. The molecule has 1 aromatic rings. The molecule has 0 saturated heterocycles. The lowest BCUT2D eigenvalue weighted by molar-refractivity contribution is 0.225. The van der Waals surface area contributed by atoms with Gasteiger partial charge in [0.15, 0.2) is 0 Å². The topological polar surface area (TPSA) is 42.7 Å². The number of hydrogen-bond acceptors (Lipinski definition) is 3. The lowest BCUT2D eigenvalue weighted by atomic mass is 9.78. The average molecular weight is 292 g/mol. The minimum absolute atomic E-state index is 0.390. The third kappa shape index (κ3) is 4.53. The van der Waals surface area contributed by atoms with Crippen LogP contribution in [-0.2, 0) is 6.42 Å². The highest BCUT2D eigenvalue weighted by Gasteiger charge is 2.27. The van der Waals surface area contributed by atoms with E-state index in [0.29, 0.717) is 12.1 Å². The van der Waals surface area contributed by atoms with Gasteiger partial charge in [-0.1, -0.05) is 26.7 Å². The van der Waals surface area contributed by atoms with Gasteiger partial charge >= 0.3 is 0 Å². The summed E-state index contributed by atoms with van der Waals surface area (Å²) in [5.41, 5.74) is 0. The van der Waals surface area contributed by atoms with Crippen LogP contribution in [0.1, 0.15) is 71.7 Å². The van der Waals surface area contributed by atoms with Crippen LogP contribution in [0.3, 0.4) is 0 Å². The molecule has 2 rings (SSSR count). The first-order valence-electron chi connectivity index (χ1n) is 8.73. The predicted octanol–water partition coefficient (Wildman–Crippen LogP) is 3.60. The predicted molar refractivity (Wildman–Crippen MR) is 87.3 cm³/mol. The zero-order valence-electron chi connectivity index (χ0n) is 14.2. The zero-order valence-corrected chi connectivity index (χ0v) is 14.2. The maximum Gasteiger partial charge on any atom is 0.138 e. The molecule has 1 unspecified atom stereocenters. The van der Waals surface area contributed by atoms with Gasteiger partial charge in [0.2, 0.25) is 0 Å². The fraction of sp³-hybridized carbons (Fsp3) is 0.882. The monoisotopic (exact) mass is 292 g/mol. The van der Waals surface area contributed by atoms with Crippen molar-refractivity contribution in [3.63, 3.8) is 0 Å². The number of nitrogens with one attached hydrogen (secondary N) is 1. The first kappa shape index (κ1) is 16.5. The number of nitrogens with zero attached hydrogens (tertiary/aromatic N) is 3. The second-order valence-electron chi connectivity index (χ2n) is 7.00. The highest BCUT2D eigenvalue weighted by molar-refractivity contribution is 4.94. The van der Waals surface area contributed by atoms with Crippen LogP contribution in [-0.4, -0.2) is 27.4 Å². The normalized spacial score (nSPS) is 24.4. The zero-order chi connectivity index (χ0) is 15.2. The van der Waals surface area contributed by atoms with Crippen LogP contribution in [0.25, 0.3) is 0 Å². The van der Waals surface area contributed by atoms with E-state index in [1.54, 1.807) is 6.33 Å². The molecule has 1 heterocycles. The minimum Gasteiger partial charge on any atom is -0.313 e. The van der Waals surface area contributed by atoms with Gasteiger partial charge in [-0.2, -0.15) is 5.10 Å². The lowest BCUT2D eigenvalue weighted by Gasteiger charge is -2.33. The summed E-state index contributed by atoms with van der Waals surface area (Å²) in [5.74, 6) is 2.84. The van der Waals surface area contributed by atoms with Gasteiger partial charge in [-0.15, -0.1) is 0 Å². The van der Waals surface area contributed by atoms with Crippen molar-refractivity contribution >= 4 is 0 Å². The fourth-order valence-electron chi connectivity index (χ4n) is 3.47. The average Bonchev–Trinajstić information content (AvgIpc) is 2.93. The molecule has 4 nitrogen and oxygen atoms in total. The SMILES string of the molecule is CCCNC(Cc1ncnn1C(C)C)C1CCC(C)CC1. The Bertz CT molecular complexity index is 405. The Morgan fingerprint density at radius 3 is 2.62 bits per heavy atom. The highest BCUT2D eigenvalue weighted by atomic mass is 15.3. The fourth-order valence-corrected chi connectivity index (χ4v) is 3.47. The van der Waals surface area contributed by atoms with Crippen LogP contribution in [0.2, 0.25) is 0 Å². The van der Waals surface area contributed by atoms with Crippen LogP contribution in [0.15, 0.2) is 6.33 Å². The van der Waals surface area contributed by atoms with E-state index in [0.717, 1.165) is 30.6 Å². The molecular formula is C17H32N4. The Balaban J connectivity index is 2.03. The van der Waals surface area contributed by atoms with E-state index in [2.05, 4.69) is 47.8 Å². The molecule has 120 valence electrons. The molecule has 0 bridgehead atoms. The molecule has 0 amide bonds. The first-order valence-corrected chi connectivity index (χ1v) is 8.73. The van der Waals surface area contributed by atoms with E-state index in [1.807, 2.05) is 0 Å². The molecular weight excluding hydrogens is 260 g/mol. The van der Waals surface area contributed by atoms with Crippen molar-refractivity contribution in [2.75, 3.05) is 6.54 Å². The van der Waals surface area contributed by atoms with Gasteiger partial charge in [0.05, 0.1) is 0 Å². The number of aromatic nitrogens is 3. The standard InChI is InChI=1S/C17H32N4/c1-5-10-18-16(15-8-6-14(4)7-9-15)11-17-19-12-20-21(17)13(2)3/h12-16,18H,5-11H2,1-4H3. The van der Waals surface area contributed by atoms with Gasteiger partial charge in [0, 0.05) is 18.5 Å². The van der Waals surface area contributed by atoms with Gasteiger partial charge < -0.3 is 5.32 Å². The van der Waals surface area contributed by atoms with Crippen molar-refractivity contribution in [3.05, 3.63) is 12.2 Å². The molecule has 1 saturated carbocycles. The van der Waals surface area contributed by atoms with Gasteiger partial charge in [-0.3, -0.25) is 0 Å². The summed E-state index contributed by atoms with van der Waals surface area (Å²) >= 11 is 0. The molecule has 0 aliphatic heterocycles. The summed E-state index contributed by atoms with van der Waals surface area (Å²) in [4.78, 5) is 4.51. The second kappa shape index (κ2) is 7.92. The number of hydrogen-bond donors (Lipinski definition) is 1. The largest absolute Gasteiger partial charge is 0.313 e. The maximum atomic E-state index is 4.51. The molecule has 1 aliphatic rings. The molecule has 0 spiro atoms. The van der Waals surface area contributed by atoms with Gasteiger partial charge in [0.25, 0.3) is 0 Å². The van der Waals surface area contributed by atoms with E-state index in [9.17, 15) is 0 Å². The minimum atomic E-state index is 0.390. The second-order valence-corrected chi connectivity index (χ2v) is 7.00. The van der Waals surface area contributed by atoms with Crippen molar-refractivity contribution in [1.82, 2.24) is 20.1 Å². The van der Waals surface area contributed by atoms with E-state index < -0.39 is 0 Å². The van der Waals surface area contributed by atoms with E-state index in [4.69, 9.17) is 0 Å². The van der Waals surface area contributed by atoms with Gasteiger partial charge in [0.1, 0.15) is 12.2 Å². The lowest BCUT2D eigenvalue weighted by Crippen LogP contribution is -2.40. The van der Waals surface area contributed by atoms with Crippen molar-refractivity contribution in [2.45, 2.75) is 78.3 Å². The Morgan fingerprint density at radius 2 is 2.00 bits per heavy atom. The summed E-state index contributed by atoms with van der Waals surface area (Å²) in [5, 5.41) is 8.16. The third-order valence-electron chi connectivity index (χ3n) is 4.82. The Hall–Kier alpha value is -0.900. The van der Waals surface area contributed by atoms with Gasteiger partial charge in [-0.05, 0) is 51.5 Å². The van der Waals surface area contributed by atoms with E-state index >= 15 is 0 Å². The summed E-state index contributed by atoms with van der Waals surface area (Å²) in [6, 6.07) is 0.944. The maximum absolute atomic E-state index is 4.51. The molecule has 0 radical (unpaired) electrons. The molecule has 1 fully saturated rings. The molecule has 1 aliphatic carbocycles. The first-order chi connectivity index (χ1) is 10.1. The van der Waals surface area contributed by atoms with Crippen LogP contribution < -0.4 is 5.32 Å². The van der Waals surface area contributed by atoms with Crippen LogP contribution in [0.5, 0.6) is 0 Å².